The van der Waals surface area contributed by atoms with E-state index in [1.54, 1.807) is 0 Å². The molecular weight excluding hydrogens is 262 g/mol. The van der Waals surface area contributed by atoms with E-state index >= 15 is 0 Å². The van der Waals surface area contributed by atoms with Gasteiger partial charge in [0.1, 0.15) is 5.00 Å². The van der Waals surface area contributed by atoms with Crippen molar-refractivity contribution in [2.75, 3.05) is 0 Å². The lowest BCUT2D eigenvalue weighted by atomic mass is 9.90. The van der Waals surface area contributed by atoms with Crippen molar-refractivity contribution in [3.63, 3.8) is 0 Å². The van der Waals surface area contributed by atoms with Crippen molar-refractivity contribution in [2.24, 2.45) is 16.8 Å². The Morgan fingerprint density at radius 2 is 2.00 bits per heavy atom. The van der Waals surface area contributed by atoms with Gasteiger partial charge < -0.3 is 0 Å². The van der Waals surface area contributed by atoms with Gasteiger partial charge in [0, 0.05) is 21.4 Å². The topological polar surface area (TPSA) is 12.4 Å². The molecule has 1 aromatic heterocycles. The molecule has 0 amide bonds. The minimum absolute atomic E-state index is 0.509. The number of nitrogens with zero attached hydrogens (tertiary/aromatic N) is 1. The van der Waals surface area contributed by atoms with E-state index in [9.17, 15) is 0 Å². The zero-order valence-electron chi connectivity index (χ0n) is 12.6. The largest absolute Gasteiger partial charge is 0.246 e. The molecule has 0 saturated heterocycles. The first-order valence-corrected chi connectivity index (χ1v) is 8.16. The predicted octanol–water partition coefficient (Wildman–Crippen LogP) is 6.07. The first kappa shape index (κ1) is 13.6. The fraction of sp³-hybridized carbons (Fsp3) is 0.389. The SMILES string of the molecule is C/C1=C\CC(C)C(C(C)C)=Nc2sc3ccccc3c21. The molecule has 1 aromatic carbocycles. The second kappa shape index (κ2) is 5.17. The summed E-state index contributed by atoms with van der Waals surface area (Å²) in [5.41, 5.74) is 4.05. The van der Waals surface area contributed by atoms with Crippen LogP contribution in [0.3, 0.4) is 0 Å². The fourth-order valence-electron chi connectivity index (χ4n) is 2.99. The van der Waals surface area contributed by atoms with Gasteiger partial charge in [-0.2, -0.15) is 0 Å². The summed E-state index contributed by atoms with van der Waals surface area (Å²) in [6, 6.07) is 8.65. The third-order valence-corrected chi connectivity index (χ3v) is 5.14. The Kier molecular flexibility index (Phi) is 3.51. The van der Waals surface area contributed by atoms with Crippen LogP contribution < -0.4 is 0 Å². The lowest BCUT2D eigenvalue weighted by molar-refractivity contribution is 0.716. The Bertz CT molecular complexity index is 703. The van der Waals surface area contributed by atoms with Gasteiger partial charge >= 0.3 is 0 Å². The average Bonchev–Trinajstić information content (AvgIpc) is 2.77. The quantitative estimate of drug-likeness (QED) is 0.602. The van der Waals surface area contributed by atoms with E-state index in [1.165, 1.54) is 31.9 Å². The van der Waals surface area contributed by atoms with Crippen LogP contribution in [0.1, 0.15) is 39.7 Å². The molecule has 0 saturated carbocycles. The van der Waals surface area contributed by atoms with E-state index in [-0.39, 0.29) is 0 Å². The first-order valence-electron chi connectivity index (χ1n) is 7.35. The van der Waals surface area contributed by atoms with E-state index in [0.717, 1.165) is 6.42 Å². The van der Waals surface area contributed by atoms with Crippen LogP contribution in [0.2, 0.25) is 0 Å². The smallest absolute Gasteiger partial charge is 0.124 e. The molecule has 0 bridgehead atoms. The van der Waals surface area contributed by atoms with E-state index in [4.69, 9.17) is 4.99 Å². The number of thiophene rings is 1. The van der Waals surface area contributed by atoms with Crippen LogP contribution in [0.4, 0.5) is 5.00 Å². The molecule has 1 nitrogen and oxygen atoms in total. The minimum atomic E-state index is 0.509. The highest BCUT2D eigenvalue weighted by Gasteiger charge is 2.20. The van der Waals surface area contributed by atoms with Crippen LogP contribution in [0.15, 0.2) is 35.3 Å². The predicted molar refractivity (Wildman–Crippen MR) is 91.2 cm³/mol. The molecule has 0 aliphatic carbocycles. The molecule has 0 spiro atoms. The molecule has 2 heteroatoms. The Morgan fingerprint density at radius 1 is 1.25 bits per heavy atom. The molecule has 0 fully saturated rings. The van der Waals surface area contributed by atoms with Gasteiger partial charge in [-0.15, -0.1) is 11.3 Å². The van der Waals surface area contributed by atoms with E-state index in [0.29, 0.717) is 11.8 Å². The molecule has 1 aliphatic heterocycles. The summed E-state index contributed by atoms with van der Waals surface area (Å²) < 4.78 is 1.34. The molecule has 0 radical (unpaired) electrons. The number of hydrogen-bond donors (Lipinski definition) is 0. The van der Waals surface area contributed by atoms with Crippen LogP contribution >= 0.6 is 11.3 Å². The van der Waals surface area contributed by atoms with Crippen LogP contribution in [0.25, 0.3) is 15.7 Å². The summed E-state index contributed by atoms with van der Waals surface area (Å²) in [5, 5.41) is 2.54. The molecule has 1 unspecified atom stereocenters. The molecule has 1 atom stereocenters. The fourth-order valence-corrected chi connectivity index (χ4v) is 4.15. The van der Waals surface area contributed by atoms with Gasteiger partial charge in [0.25, 0.3) is 0 Å². The standard InChI is InChI=1S/C18H21NS/c1-11(2)17-13(4)10-9-12(3)16-14-7-5-6-8-15(14)20-18(16)19-17/h5-9,11,13H,10H2,1-4H3/b12-9+,19-17?. The summed E-state index contributed by atoms with van der Waals surface area (Å²) in [4.78, 5) is 5.06. The number of aliphatic imine (C=N–C) groups is 1. The van der Waals surface area contributed by atoms with Crippen molar-refractivity contribution in [3.05, 3.63) is 35.9 Å². The minimum Gasteiger partial charge on any atom is -0.246 e. The van der Waals surface area contributed by atoms with Gasteiger partial charge in [-0.1, -0.05) is 45.0 Å². The van der Waals surface area contributed by atoms with Crippen LogP contribution in [0, 0.1) is 11.8 Å². The first-order chi connectivity index (χ1) is 9.58. The van der Waals surface area contributed by atoms with Gasteiger partial charge in [0.05, 0.1) is 0 Å². The summed E-state index contributed by atoms with van der Waals surface area (Å²) >= 11 is 1.82. The molecule has 2 aromatic rings. The maximum atomic E-state index is 5.06. The second-order valence-corrected chi connectivity index (χ2v) is 7.02. The highest BCUT2D eigenvalue weighted by Crippen LogP contribution is 2.43. The maximum Gasteiger partial charge on any atom is 0.124 e. The van der Waals surface area contributed by atoms with E-state index in [2.05, 4.69) is 58.0 Å². The molecular formula is C18H21NS. The third kappa shape index (κ3) is 2.22. The van der Waals surface area contributed by atoms with Gasteiger partial charge in [0.15, 0.2) is 0 Å². The Balaban J connectivity index is 2.30. The van der Waals surface area contributed by atoms with Crippen molar-refractivity contribution >= 4 is 37.7 Å². The molecule has 3 rings (SSSR count). The van der Waals surface area contributed by atoms with Crippen LogP contribution in [-0.2, 0) is 0 Å². The second-order valence-electron chi connectivity index (χ2n) is 5.99. The average molecular weight is 283 g/mol. The van der Waals surface area contributed by atoms with E-state index in [1.807, 2.05) is 11.3 Å². The Morgan fingerprint density at radius 3 is 2.75 bits per heavy atom. The lowest BCUT2D eigenvalue weighted by Gasteiger charge is -2.19. The zero-order valence-corrected chi connectivity index (χ0v) is 13.4. The van der Waals surface area contributed by atoms with Crippen molar-refractivity contribution in [2.45, 2.75) is 34.1 Å². The molecule has 1 aliphatic rings. The number of fused-ring (bicyclic) bond motifs is 3. The molecule has 20 heavy (non-hydrogen) atoms. The maximum absolute atomic E-state index is 5.06. The Labute approximate surface area is 125 Å². The van der Waals surface area contributed by atoms with E-state index < -0.39 is 0 Å². The number of allylic oxidation sites excluding steroid dienone is 2. The Hall–Kier alpha value is -1.41. The van der Waals surface area contributed by atoms with Gasteiger partial charge in [0.2, 0.25) is 0 Å². The summed E-state index contributed by atoms with van der Waals surface area (Å²) in [6.45, 7) is 9.02. The van der Waals surface area contributed by atoms with Crippen molar-refractivity contribution in [1.29, 1.82) is 0 Å². The van der Waals surface area contributed by atoms with Gasteiger partial charge in [-0.3, -0.25) is 0 Å². The molecule has 2 heterocycles. The van der Waals surface area contributed by atoms with Crippen LogP contribution in [0.5, 0.6) is 0 Å². The number of rotatable bonds is 1. The highest BCUT2D eigenvalue weighted by atomic mass is 32.1. The summed E-state index contributed by atoms with van der Waals surface area (Å²) in [5.74, 6) is 1.04. The number of benzene rings is 1. The molecule has 104 valence electrons. The molecule has 0 N–H and O–H groups in total. The van der Waals surface area contributed by atoms with Crippen LogP contribution in [-0.4, -0.2) is 5.71 Å². The van der Waals surface area contributed by atoms with Crippen molar-refractivity contribution in [1.82, 2.24) is 0 Å². The number of hydrogen-bond acceptors (Lipinski definition) is 2. The zero-order chi connectivity index (χ0) is 14.3. The van der Waals surface area contributed by atoms with Crippen molar-refractivity contribution < 1.29 is 0 Å². The van der Waals surface area contributed by atoms with Crippen molar-refractivity contribution in [3.8, 4) is 0 Å². The lowest BCUT2D eigenvalue weighted by Crippen LogP contribution is -2.17. The van der Waals surface area contributed by atoms with Gasteiger partial charge in [-0.25, -0.2) is 4.99 Å². The summed E-state index contributed by atoms with van der Waals surface area (Å²) in [6.07, 6.45) is 3.48. The summed E-state index contributed by atoms with van der Waals surface area (Å²) in [7, 11) is 0. The monoisotopic (exact) mass is 283 g/mol. The third-order valence-electron chi connectivity index (χ3n) is 4.08. The normalized spacial score (nSPS) is 21.9. The highest BCUT2D eigenvalue weighted by molar-refractivity contribution is 7.23. The van der Waals surface area contributed by atoms with Gasteiger partial charge in [-0.05, 0) is 36.8 Å².